The zero-order valence-electron chi connectivity index (χ0n) is 13.1. The number of hydrogen-bond acceptors (Lipinski definition) is 3. The van der Waals surface area contributed by atoms with Gasteiger partial charge in [-0.1, -0.05) is 18.2 Å². The number of phenols is 1. The van der Waals surface area contributed by atoms with Crippen molar-refractivity contribution in [2.45, 2.75) is 32.7 Å². The van der Waals surface area contributed by atoms with Gasteiger partial charge in [-0.15, -0.1) is 0 Å². The number of rotatable bonds is 6. The van der Waals surface area contributed by atoms with Gasteiger partial charge < -0.3 is 10.0 Å². The molecule has 0 radical (unpaired) electrons. The zero-order chi connectivity index (χ0) is 15.9. The first-order valence-corrected chi connectivity index (χ1v) is 7.60. The summed E-state index contributed by atoms with van der Waals surface area (Å²) in [4.78, 5) is 18.6. The van der Waals surface area contributed by atoms with Crippen molar-refractivity contribution < 1.29 is 9.90 Å². The molecule has 2 rings (SSSR count). The Labute approximate surface area is 131 Å². The molecule has 1 heterocycles. The van der Waals surface area contributed by atoms with Crippen molar-refractivity contribution in [3.05, 3.63) is 59.9 Å². The van der Waals surface area contributed by atoms with Crippen LogP contribution in [-0.4, -0.2) is 27.4 Å². The largest absolute Gasteiger partial charge is 0.508 e. The van der Waals surface area contributed by atoms with Crippen LogP contribution >= 0.6 is 0 Å². The van der Waals surface area contributed by atoms with Gasteiger partial charge in [0, 0.05) is 24.9 Å². The lowest BCUT2D eigenvalue weighted by molar-refractivity contribution is -0.133. The summed E-state index contributed by atoms with van der Waals surface area (Å²) in [6.45, 7) is 4.59. The van der Waals surface area contributed by atoms with Crippen LogP contribution in [0.2, 0.25) is 0 Å². The molecule has 0 aliphatic heterocycles. The SMILES string of the molecule is CCN(C(=O)CCc1ccccn1)[C@@H](C)c1cccc(O)c1. The fraction of sp³-hybridized carbons (Fsp3) is 0.333. The molecule has 0 saturated heterocycles. The van der Waals surface area contributed by atoms with E-state index in [4.69, 9.17) is 0 Å². The quantitative estimate of drug-likeness (QED) is 0.890. The fourth-order valence-corrected chi connectivity index (χ4v) is 2.56. The number of pyridine rings is 1. The van der Waals surface area contributed by atoms with E-state index < -0.39 is 0 Å². The molecular weight excluding hydrogens is 276 g/mol. The van der Waals surface area contributed by atoms with Crippen molar-refractivity contribution in [2.24, 2.45) is 0 Å². The van der Waals surface area contributed by atoms with E-state index >= 15 is 0 Å². The molecule has 0 spiro atoms. The maximum Gasteiger partial charge on any atom is 0.223 e. The minimum atomic E-state index is -0.0617. The summed E-state index contributed by atoms with van der Waals surface area (Å²) < 4.78 is 0. The van der Waals surface area contributed by atoms with Crippen LogP contribution in [-0.2, 0) is 11.2 Å². The van der Waals surface area contributed by atoms with Crippen LogP contribution in [0.3, 0.4) is 0 Å². The summed E-state index contributed by atoms with van der Waals surface area (Å²) in [6, 6.07) is 12.7. The lowest BCUT2D eigenvalue weighted by Gasteiger charge is -2.28. The predicted octanol–water partition coefficient (Wildman–Crippen LogP) is 3.33. The standard InChI is InChI=1S/C18H22N2O2/c1-3-20(14(2)15-7-6-9-17(21)13-15)18(22)11-10-16-8-4-5-12-19-16/h4-9,12-14,21H,3,10-11H2,1-2H3/t14-/m0/s1. The first-order valence-electron chi connectivity index (χ1n) is 7.60. The summed E-state index contributed by atoms with van der Waals surface area (Å²) >= 11 is 0. The third-order valence-electron chi connectivity index (χ3n) is 3.80. The molecule has 1 atom stereocenters. The Hall–Kier alpha value is -2.36. The van der Waals surface area contributed by atoms with Gasteiger partial charge in [0.1, 0.15) is 5.75 Å². The molecule has 116 valence electrons. The van der Waals surface area contributed by atoms with Gasteiger partial charge in [-0.3, -0.25) is 9.78 Å². The van der Waals surface area contributed by atoms with Crippen LogP contribution in [0.25, 0.3) is 0 Å². The average molecular weight is 298 g/mol. The van der Waals surface area contributed by atoms with Gasteiger partial charge in [-0.2, -0.15) is 0 Å². The molecule has 4 heteroatoms. The van der Waals surface area contributed by atoms with Crippen molar-refractivity contribution in [3.8, 4) is 5.75 Å². The van der Waals surface area contributed by atoms with Gasteiger partial charge in [0.2, 0.25) is 5.91 Å². The lowest BCUT2D eigenvalue weighted by atomic mass is 10.1. The van der Waals surface area contributed by atoms with Gasteiger partial charge in [0.15, 0.2) is 0 Å². The third kappa shape index (κ3) is 4.07. The smallest absolute Gasteiger partial charge is 0.223 e. The highest BCUT2D eigenvalue weighted by molar-refractivity contribution is 5.77. The molecule has 4 nitrogen and oxygen atoms in total. The van der Waals surface area contributed by atoms with E-state index in [9.17, 15) is 9.90 Å². The zero-order valence-corrected chi connectivity index (χ0v) is 13.1. The Morgan fingerprint density at radius 2 is 2.09 bits per heavy atom. The van der Waals surface area contributed by atoms with Crippen LogP contribution in [0.1, 0.15) is 37.6 Å². The second-order valence-electron chi connectivity index (χ2n) is 5.27. The molecule has 0 aliphatic carbocycles. The third-order valence-corrected chi connectivity index (χ3v) is 3.80. The van der Waals surface area contributed by atoms with Gasteiger partial charge in [0.25, 0.3) is 0 Å². The topological polar surface area (TPSA) is 53.4 Å². The van der Waals surface area contributed by atoms with Crippen molar-refractivity contribution in [2.75, 3.05) is 6.54 Å². The average Bonchev–Trinajstić information content (AvgIpc) is 2.54. The van der Waals surface area contributed by atoms with Crippen LogP contribution < -0.4 is 0 Å². The maximum atomic E-state index is 12.5. The second-order valence-corrected chi connectivity index (χ2v) is 5.27. The summed E-state index contributed by atoms with van der Waals surface area (Å²) in [5, 5.41) is 9.60. The number of hydrogen-bond donors (Lipinski definition) is 1. The lowest BCUT2D eigenvalue weighted by Crippen LogP contribution is -2.33. The van der Waals surface area contributed by atoms with Gasteiger partial charge in [-0.25, -0.2) is 0 Å². The van der Waals surface area contributed by atoms with E-state index in [-0.39, 0.29) is 17.7 Å². The number of benzene rings is 1. The number of phenolic OH excluding ortho intramolecular Hbond substituents is 1. The molecule has 22 heavy (non-hydrogen) atoms. The molecular formula is C18H22N2O2. The Kier molecular flexibility index (Phi) is 5.53. The van der Waals surface area contributed by atoms with E-state index in [0.29, 0.717) is 19.4 Å². The van der Waals surface area contributed by atoms with Gasteiger partial charge in [-0.05, 0) is 50.1 Å². The van der Waals surface area contributed by atoms with E-state index in [1.165, 1.54) is 0 Å². The number of carbonyl (C=O) groups is 1. The number of nitrogens with zero attached hydrogens (tertiary/aromatic N) is 2. The Bertz CT molecular complexity index is 613. The first kappa shape index (κ1) is 16.0. The molecule has 2 aromatic rings. The van der Waals surface area contributed by atoms with E-state index in [1.807, 2.05) is 43.0 Å². The molecule has 1 aromatic heterocycles. The minimum Gasteiger partial charge on any atom is -0.508 e. The Morgan fingerprint density at radius 3 is 2.73 bits per heavy atom. The highest BCUT2D eigenvalue weighted by atomic mass is 16.3. The predicted molar refractivity (Wildman–Crippen MR) is 86.5 cm³/mol. The number of carbonyl (C=O) groups excluding carboxylic acids is 1. The highest BCUT2D eigenvalue weighted by Crippen LogP contribution is 2.24. The van der Waals surface area contributed by atoms with Crippen LogP contribution in [0.4, 0.5) is 0 Å². The summed E-state index contributed by atoms with van der Waals surface area (Å²) in [5.74, 6) is 0.324. The fourth-order valence-electron chi connectivity index (χ4n) is 2.56. The molecule has 0 aliphatic rings. The van der Waals surface area contributed by atoms with E-state index in [2.05, 4.69) is 4.98 Å². The summed E-state index contributed by atoms with van der Waals surface area (Å²) in [7, 11) is 0. The Balaban J connectivity index is 2.02. The molecule has 0 fully saturated rings. The molecule has 0 saturated carbocycles. The summed E-state index contributed by atoms with van der Waals surface area (Å²) in [5.41, 5.74) is 1.87. The minimum absolute atomic E-state index is 0.0617. The van der Waals surface area contributed by atoms with Crippen LogP contribution in [0.15, 0.2) is 48.7 Å². The highest BCUT2D eigenvalue weighted by Gasteiger charge is 2.20. The summed E-state index contributed by atoms with van der Waals surface area (Å²) in [6.07, 6.45) is 2.82. The number of aromatic nitrogens is 1. The molecule has 0 bridgehead atoms. The molecule has 1 amide bonds. The van der Waals surface area contributed by atoms with Crippen molar-refractivity contribution >= 4 is 5.91 Å². The van der Waals surface area contributed by atoms with Gasteiger partial charge in [0.05, 0.1) is 6.04 Å². The van der Waals surface area contributed by atoms with Crippen molar-refractivity contribution in [1.29, 1.82) is 0 Å². The molecule has 1 aromatic carbocycles. The van der Waals surface area contributed by atoms with Crippen molar-refractivity contribution in [1.82, 2.24) is 9.88 Å². The monoisotopic (exact) mass is 298 g/mol. The molecule has 1 N–H and O–H groups in total. The van der Waals surface area contributed by atoms with E-state index in [1.54, 1.807) is 24.4 Å². The van der Waals surface area contributed by atoms with Crippen LogP contribution in [0.5, 0.6) is 5.75 Å². The van der Waals surface area contributed by atoms with Crippen LogP contribution in [0, 0.1) is 0 Å². The van der Waals surface area contributed by atoms with E-state index in [0.717, 1.165) is 11.3 Å². The van der Waals surface area contributed by atoms with Crippen molar-refractivity contribution in [3.63, 3.8) is 0 Å². The maximum absolute atomic E-state index is 12.5. The first-order chi connectivity index (χ1) is 10.6. The Morgan fingerprint density at radius 1 is 1.27 bits per heavy atom. The van der Waals surface area contributed by atoms with Gasteiger partial charge >= 0.3 is 0 Å². The second kappa shape index (κ2) is 7.59. The number of aryl methyl sites for hydroxylation is 1. The normalized spacial score (nSPS) is 11.9. The number of aromatic hydroxyl groups is 1. The number of amides is 1. The molecule has 0 unspecified atom stereocenters.